The highest BCUT2D eigenvalue weighted by atomic mass is 35.5. The average Bonchev–Trinajstić information content (AvgIpc) is 4.00. The normalized spacial score (nSPS) is 20.1. The lowest BCUT2D eigenvalue weighted by Crippen LogP contribution is -2.52. The fourth-order valence-corrected chi connectivity index (χ4v) is 7.70. The Bertz CT molecular complexity index is 1890. The van der Waals surface area contributed by atoms with Crippen molar-refractivity contribution in [3.05, 3.63) is 123 Å². The second-order valence-electron chi connectivity index (χ2n) is 14.0. The smallest absolute Gasteiger partial charge is 0.387 e. The van der Waals surface area contributed by atoms with Crippen molar-refractivity contribution in [2.75, 3.05) is 26.2 Å². The molecule has 1 saturated carbocycles. The van der Waals surface area contributed by atoms with E-state index in [2.05, 4.69) is 9.88 Å². The molecular weight excluding hydrogens is 741 g/mol. The van der Waals surface area contributed by atoms with Gasteiger partial charge in [-0.05, 0) is 98.0 Å². The maximum atomic E-state index is 13.9. The van der Waals surface area contributed by atoms with E-state index in [4.69, 9.17) is 42.1 Å². The third-order valence-electron chi connectivity index (χ3n) is 10.3. The van der Waals surface area contributed by atoms with Crippen LogP contribution in [0.2, 0.25) is 10.0 Å². The van der Waals surface area contributed by atoms with Crippen molar-refractivity contribution < 1.29 is 47.8 Å². The Kier molecular flexibility index (Phi) is 13.1. The van der Waals surface area contributed by atoms with Gasteiger partial charge in [0, 0.05) is 18.5 Å². The zero-order chi connectivity index (χ0) is 36.9. The number of ether oxygens (including phenoxy) is 4. The predicted octanol–water partition coefficient (Wildman–Crippen LogP) is 8.13. The maximum Gasteiger partial charge on any atom is 0.387 e. The first-order chi connectivity index (χ1) is 25.7. The summed E-state index contributed by atoms with van der Waals surface area (Å²) in [4.78, 5) is 33.0. The largest absolute Gasteiger partial charge is 0.870 e. The van der Waals surface area contributed by atoms with Gasteiger partial charge in [-0.2, -0.15) is 8.78 Å². The van der Waals surface area contributed by atoms with E-state index in [1.165, 1.54) is 6.07 Å². The molecule has 1 aromatic heterocycles. The number of fused-ring (bicyclic) bond motifs is 3. The van der Waals surface area contributed by atoms with Crippen LogP contribution < -0.4 is 14.5 Å². The van der Waals surface area contributed by atoms with Gasteiger partial charge in [-0.1, -0.05) is 71.7 Å². The number of nitrogens with zero attached hydrogens (tertiary/aromatic N) is 1. The Hall–Kier alpha value is -4.29. The molecule has 3 atom stereocenters. The van der Waals surface area contributed by atoms with Crippen LogP contribution in [0.4, 0.5) is 8.78 Å². The fourth-order valence-electron chi connectivity index (χ4n) is 7.16. The van der Waals surface area contributed by atoms with E-state index in [-0.39, 0.29) is 41.0 Å². The van der Waals surface area contributed by atoms with Crippen molar-refractivity contribution in [3.8, 4) is 11.5 Å². The first-order valence-corrected chi connectivity index (χ1v) is 18.8. The van der Waals surface area contributed by atoms with Crippen molar-refractivity contribution in [1.29, 1.82) is 0 Å². The van der Waals surface area contributed by atoms with Crippen molar-refractivity contribution in [3.63, 3.8) is 0 Å². The number of esters is 2. The summed E-state index contributed by atoms with van der Waals surface area (Å²) in [5.74, 6) is -0.768. The van der Waals surface area contributed by atoms with Gasteiger partial charge in [-0.15, -0.1) is 0 Å². The number of halogens is 4. The van der Waals surface area contributed by atoms with Crippen LogP contribution in [0, 0.1) is 11.8 Å². The standard InChI is InChI=1S/C41H40Cl2F2N2O6.H2O/c42-33-21-46-22-34(43)32(33)20-36(29-11-12-35(53-41(44)45)37(19-29)50-24-25-9-10-25)51-39(48)30-8-4-5-26(17-30)18-31(27-6-2-1-3-7-27)40(49)52-38-23-47-15-13-28(38)14-16-47;/h1-8,11-12,17,19,21-22,25,28,31,36,38,41H,9-10,13-16,18,20,23-24H2;1H2/t31?,36-,38-;/m0./s1. The molecule has 0 spiro atoms. The van der Waals surface area contributed by atoms with Crippen LogP contribution in [0.5, 0.6) is 11.5 Å². The second kappa shape index (κ2) is 17.9. The zero-order valence-electron chi connectivity index (χ0n) is 29.5. The number of rotatable bonds is 15. The molecule has 0 radical (unpaired) electrons. The van der Waals surface area contributed by atoms with Crippen LogP contribution in [0.3, 0.4) is 0 Å². The number of piperidine rings is 3. The Morgan fingerprint density at radius 2 is 1.59 bits per heavy atom. The van der Waals surface area contributed by atoms with Crippen molar-refractivity contribution in [1.82, 2.24) is 4.90 Å². The molecule has 3 aliphatic heterocycles. The molecule has 1 aliphatic carbocycles. The first-order valence-electron chi connectivity index (χ1n) is 18.0. The highest BCUT2D eigenvalue weighted by Gasteiger charge is 2.38. The number of pyridine rings is 1. The summed E-state index contributed by atoms with van der Waals surface area (Å²) >= 11 is 13.0. The topological polar surface area (TPSA) is 118 Å². The van der Waals surface area contributed by atoms with Gasteiger partial charge in [0.2, 0.25) is 0 Å². The summed E-state index contributed by atoms with van der Waals surface area (Å²) in [6.45, 7) is 0.148. The monoisotopic (exact) mass is 782 g/mol. The molecule has 13 heteroatoms. The third kappa shape index (κ3) is 9.87. The van der Waals surface area contributed by atoms with Gasteiger partial charge in [0.1, 0.15) is 22.3 Å². The van der Waals surface area contributed by atoms with Gasteiger partial charge in [0.25, 0.3) is 0 Å². The quantitative estimate of drug-likeness (QED) is 0.111. The van der Waals surface area contributed by atoms with E-state index >= 15 is 0 Å². The number of H-pyrrole nitrogens is 1. The molecule has 2 bridgehead atoms. The molecule has 4 aromatic rings. The van der Waals surface area contributed by atoms with Crippen molar-refractivity contribution >= 4 is 35.1 Å². The molecule has 4 aliphatic rings. The molecule has 4 fully saturated rings. The van der Waals surface area contributed by atoms with E-state index in [0.29, 0.717) is 46.0 Å². The lowest BCUT2D eigenvalue weighted by molar-refractivity contribution is -0.377. The van der Waals surface area contributed by atoms with E-state index in [9.17, 15) is 18.4 Å². The van der Waals surface area contributed by atoms with Gasteiger partial charge in [0.05, 0.1) is 18.1 Å². The number of aromatic nitrogens is 1. The summed E-state index contributed by atoms with van der Waals surface area (Å²) in [5, 5.41) is 0.668. The number of benzene rings is 3. The molecule has 54 heavy (non-hydrogen) atoms. The SMILES string of the molecule is O=C(O[C@@H](Cc1c(Cl)c[nH+]cc1Cl)c1ccc(OC(F)F)c(OCC2CC2)c1)c1cccc(CC(C(=O)O[C@H]2CN3CCC2CC3)c2ccccc2)c1.[OH-]. The van der Waals surface area contributed by atoms with Crippen molar-refractivity contribution in [2.45, 2.75) is 63.3 Å². The molecule has 3 aromatic carbocycles. The number of alkyl halides is 2. The highest BCUT2D eigenvalue weighted by molar-refractivity contribution is 6.35. The van der Waals surface area contributed by atoms with Gasteiger partial charge in [0.15, 0.2) is 23.9 Å². The second-order valence-corrected chi connectivity index (χ2v) is 14.9. The summed E-state index contributed by atoms with van der Waals surface area (Å²) in [7, 11) is 0. The summed E-state index contributed by atoms with van der Waals surface area (Å²) in [6.07, 6.45) is 6.52. The van der Waals surface area contributed by atoms with Crippen LogP contribution >= 0.6 is 23.2 Å². The molecule has 4 heterocycles. The number of hydrogen-bond donors (Lipinski definition) is 0. The van der Waals surface area contributed by atoms with Crippen LogP contribution in [0.15, 0.2) is 85.2 Å². The number of nitrogens with one attached hydrogen (secondary N) is 1. The average molecular weight is 784 g/mol. The Balaban J connectivity index is 0.00000497. The first kappa shape index (κ1) is 39.4. The van der Waals surface area contributed by atoms with E-state index in [1.54, 1.807) is 42.7 Å². The lowest BCUT2D eigenvalue weighted by atomic mass is 9.85. The summed E-state index contributed by atoms with van der Waals surface area (Å²) in [6, 6.07) is 21.0. The molecule has 0 amide bonds. The Morgan fingerprint density at radius 1 is 0.852 bits per heavy atom. The molecular formula is C41H42Cl2F2N2O7. The third-order valence-corrected chi connectivity index (χ3v) is 11.0. The number of hydrogen-bond acceptors (Lipinski definition) is 8. The van der Waals surface area contributed by atoms with E-state index in [1.807, 2.05) is 36.4 Å². The molecule has 9 nitrogen and oxygen atoms in total. The Morgan fingerprint density at radius 3 is 2.26 bits per heavy atom. The summed E-state index contributed by atoms with van der Waals surface area (Å²) < 4.78 is 49.6. The molecule has 286 valence electrons. The molecule has 3 saturated heterocycles. The van der Waals surface area contributed by atoms with Crippen molar-refractivity contribution in [2.24, 2.45) is 11.8 Å². The van der Waals surface area contributed by atoms with Crippen LogP contribution in [0.1, 0.15) is 70.3 Å². The minimum Gasteiger partial charge on any atom is -0.870 e. The van der Waals surface area contributed by atoms with Gasteiger partial charge >= 0.3 is 18.6 Å². The van der Waals surface area contributed by atoms with E-state index in [0.717, 1.165) is 56.4 Å². The minimum atomic E-state index is -3.05. The fraction of sp³-hybridized carbons (Fsp3) is 0.390. The molecule has 8 rings (SSSR count). The molecule has 1 unspecified atom stereocenters. The van der Waals surface area contributed by atoms with Gasteiger partial charge in [-0.3, -0.25) is 9.69 Å². The van der Waals surface area contributed by atoms with Crippen LogP contribution in [0.25, 0.3) is 0 Å². The minimum absolute atomic E-state index is 0. The number of aromatic amines is 1. The van der Waals surface area contributed by atoms with Gasteiger partial charge in [-0.25, -0.2) is 9.78 Å². The predicted molar refractivity (Wildman–Crippen MR) is 196 cm³/mol. The number of carbonyl (C=O) groups excluding carboxylic acids is 2. The number of carbonyl (C=O) groups is 2. The van der Waals surface area contributed by atoms with Crippen LogP contribution in [-0.4, -0.2) is 61.3 Å². The summed E-state index contributed by atoms with van der Waals surface area (Å²) in [5.41, 5.74) is 2.86. The van der Waals surface area contributed by atoms with Gasteiger partial charge < -0.3 is 24.4 Å². The zero-order valence-corrected chi connectivity index (χ0v) is 31.0. The lowest BCUT2D eigenvalue weighted by Gasteiger charge is -2.44. The van der Waals surface area contributed by atoms with E-state index < -0.39 is 24.6 Å². The maximum absolute atomic E-state index is 13.9. The molecule has 2 N–H and O–H groups in total. The van der Waals surface area contributed by atoms with Crippen LogP contribution in [-0.2, 0) is 27.1 Å². The highest BCUT2D eigenvalue weighted by Crippen LogP contribution is 2.38. The Labute approximate surface area is 322 Å².